The van der Waals surface area contributed by atoms with E-state index < -0.39 is 0 Å². The Balaban J connectivity index is 1.82. The fourth-order valence-corrected chi connectivity index (χ4v) is 3.80. The molecule has 5 nitrogen and oxygen atoms in total. The van der Waals surface area contributed by atoms with Gasteiger partial charge in [-0.15, -0.1) is 0 Å². The molecule has 134 valence electrons. The van der Waals surface area contributed by atoms with Gasteiger partial charge in [-0.25, -0.2) is 0 Å². The van der Waals surface area contributed by atoms with Crippen LogP contribution in [0.25, 0.3) is 0 Å². The van der Waals surface area contributed by atoms with E-state index in [1.54, 1.807) is 7.11 Å². The summed E-state index contributed by atoms with van der Waals surface area (Å²) < 4.78 is 11.5. The van der Waals surface area contributed by atoms with Gasteiger partial charge in [-0.2, -0.15) is 0 Å². The van der Waals surface area contributed by atoms with E-state index in [9.17, 15) is 4.79 Å². The molecular weight excluding hydrogens is 292 g/mol. The molecule has 2 fully saturated rings. The lowest BCUT2D eigenvalue weighted by molar-refractivity contribution is -0.139. The van der Waals surface area contributed by atoms with Crippen molar-refractivity contribution in [2.45, 2.75) is 70.5 Å². The summed E-state index contributed by atoms with van der Waals surface area (Å²) in [5, 5.41) is 6.53. The molecule has 1 amide bonds. The molecule has 1 unspecified atom stereocenters. The number of amides is 1. The highest BCUT2D eigenvalue weighted by atomic mass is 16.5. The van der Waals surface area contributed by atoms with Crippen LogP contribution in [0.2, 0.25) is 0 Å². The second-order valence-electron chi connectivity index (χ2n) is 7.19. The van der Waals surface area contributed by atoms with E-state index in [0.717, 1.165) is 45.2 Å². The van der Waals surface area contributed by atoms with E-state index in [2.05, 4.69) is 10.6 Å². The first kappa shape index (κ1) is 18.7. The minimum Gasteiger partial charge on any atom is -0.384 e. The molecule has 1 atom stereocenters. The summed E-state index contributed by atoms with van der Waals surface area (Å²) in [5.41, 5.74) is 0.0682. The smallest absolute Gasteiger partial charge is 0.249 e. The molecule has 2 rings (SSSR count). The van der Waals surface area contributed by atoms with Crippen molar-refractivity contribution in [3.8, 4) is 0 Å². The van der Waals surface area contributed by atoms with Crippen LogP contribution >= 0.6 is 0 Å². The lowest BCUT2D eigenvalue weighted by Gasteiger charge is -2.37. The summed E-state index contributed by atoms with van der Waals surface area (Å²) >= 11 is 0. The van der Waals surface area contributed by atoms with Gasteiger partial charge in [-0.3, -0.25) is 4.79 Å². The predicted molar refractivity (Wildman–Crippen MR) is 91.5 cm³/mol. The number of hydrogen-bond donors (Lipinski definition) is 2. The number of hydrogen-bond acceptors (Lipinski definition) is 4. The Morgan fingerprint density at radius 3 is 2.57 bits per heavy atom. The first-order chi connectivity index (χ1) is 11.2. The maximum atomic E-state index is 12.5. The standard InChI is InChI=1S/C18H34N2O3/c1-3-16(23-15-7-5-4-6-8-15)17(21)20-13-18(14-22-2)9-11-19-12-10-18/h15-16,19H,3-14H2,1-2H3,(H,20,21). The zero-order valence-corrected chi connectivity index (χ0v) is 14.9. The maximum Gasteiger partial charge on any atom is 0.249 e. The molecule has 0 aromatic rings. The van der Waals surface area contributed by atoms with Gasteiger partial charge in [0.2, 0.25) is 5.91 Å². The van der Waals surface area contributed by atoms with E-state index in [1.165, 1.54) is 19.3 Å². The van der Waals surface area contributed by atoms with E-state index >= 15 is 0 Å². The summed E-state index contributed by atoms with van der Waals surface area (Å²) in [4.78, 5) is 12.5. The molecule has 1 saturated heterocycles. The molecule has 2 aliphatic rings. The predicted octanol–water partition coefficient (Wildman–Crippen LogP) is 2.25. The van der Waals surface area contributed by atoms with Crippen LogP contribution in [0.4, 0.5) is 0 Å². The Labute approximate surface area is 140 Å². The second kappa shape index (κ2) is 9.60. The number of nitrogens with one attached hydrogen (secondary N) is 2. The zero-order chi connectivity index (χ0) is 16.5. The van der Waals surface area contributed by atoms with Crippen molar-refractivity contribution >= 4 is 5.91 Å². The molecule has 0 radical (unpaired) electrons. The highest BCUT2D eigenvalue weighted by Crippen LogP contribution is 2.28. The molecule has 1 saturated carbocycles. The second-order valence-corrected chi connectivity index (χ2v) is 7.19. The van der Waals surface area contributed by atoms with Crippen LogP contribution in [0.5, 0.6) is 0 Å². The van der Waals surface area contributed by atoms with Gasteiger partial charge in [0.15, 0.2) is 0 Å². The molecule has 23 heavy (non-hydrogen) atoms. The maximum absolute atomic E-state index is 12.5. The average molecular weight is 326 g/mol. The first-order valence-corrected chi connectivity index (χ1v) is 9.32. The summed E-state index contributed by atoms with van der Waals surface area (Å²) in [5.74, 6) is 0.0482. The third kappa shape index (κ3) is 5.73. The zero-order valence-electron chi connectivity index (χ0n) is 14.9. The summed E-state index contributed by atoms with van der Waals surface area (Å²) in [6, 6.07) is 0. The van der Waals surface area contributed by atoms with Crippen molar-refractivity contribution in [3.63, 3.8) is 0 Å². The SMILES string of the molecule is CCC(OC1CCCCC1)C(=O)NCC1(COC)CCNCC1. The van der Waals surface area contributed by atoms with Crippen LogP contribution in [-0.4, -0.2) is 51.5 Å². The van der Waals surface area contributed by atoms with Crippen molar-refractivity contribution in [3.05, 3.63) is 0 Å². The van der Waals surface area contributed by atoms with E-state index in [0.29, 0.717) is 13.2 Å². The molecule has 0 aromatic carbocycles. The largest absolute Gasteiger partial charge is 0.384 e. The third-order valence-electron chi connectivity index (χ3n) is 5.32. The number of ether oxygens (including phenoxy) is 2. The first-order valence-electron chi connectivity index (χ1n) is 9.32. The van der Waals surface area contributed by atoms with E-state index in [-0.39, 0.29) is 23.5 Å². The van der Waals surface area contributed by atoms with Gasteiger partial charge in [0.25, 0.3) is 0 Å². The van der Waals surface area contributed by atoms with Crippen molar-refractivity contribution < 1.29 is 14.3 Å². The summed E-state index contributed by atoms with van der Waals surface area (Å²) in [6.07, 6.45) is 8.75. The van der Waals surface area contributed by atoms with E-state index in [1.807, 2.05) is 6.92 Å². The van der Waals surface area contributed by atoms with Crippen LogP contribution in [0.3, 0.4) is 0 Å². The molecule has 0 spiro atoms. The van der Waals surface area contributed by atoms with Crippen LogP contribution in [-0.2, 0) is 14.3 Å². The van der Waals surface area contributed by atoms with Gasteiger partial charge < -0.3 is 20.1 Å². The Kier molecular flexibility index (Phi) is 7.80. The number of piperidine rings is 1. The average Bonchev–Trinajstić information content (AvgIpc) is 2.60. The highest BCUT2D eigenvalue weighted by molar-refractivity contribution is 5.80. The van der Waals surface area contributed by atoms with Crippen molar-refractivity contribution in [1.82, 2.24) is 10.6 Å². The monoisotopic (exact) mass is 326 g/mol. The van der Waals surface area contributed by atoms with Crippen LogP contribution < -0.4 is 10.6 Å². The fraction of sp³-hybridized carbons (Fsp3) is 0.944. The van der Waals surface area contributed by atoms with Gasteiger partial charge in [0.1, 0.15) is 6.10 Å². The lowest BCUT2D eigenvalue weighted by atomic mass is 9.79. The van der Waals surface area contributed by atoms with Crippen molar-refractivity contribution in [1.29, 1.82) is 0 Å². The lowest BCUT2D eigenvalue weighted by Crippen LogP contribution is -2.49. The van der Waals surface area contributed by atoms with Gasteiger partial charge in [-0.05, 0) is 45.2 Å². The molecule has 0 aromatic heterocycles. The van der Waals surface area contributed by atoms with E-state index in [4.69, 9.17) is 9.47 Å². The minimum absolute atomic E-state index is 0.0482. The van der Waals surface area contributed by atoms with Crippen LogP contribution in [0, 0.1) is 5.41 Å². The normalized spacial score (nSPS) is 23.4. The number of methoxy groups -OCH3 is 1. The topological polar surface area (TPSA) is 59.6 Å². The molecule has 1 aliphatic carbocycles. The van der Waals surface area contributed by atoms with Crippen LogP contribution in [0.1, 0.15) is 58.3 Å². The quantitative estimate of drug-likeness (QED) is 0.718. The Morgan fingerprint density at radius 2 is 1.96 bits per heavy atom. The van der Waals surface area contributed by atoms with Gasteiger partial charge in [0.05, 0.1) is 12.7 Å². The Morgan fingerprint density at radius 1 is 1.26 bits per heavy atom. The molecule has 2 N–H and O–H groups in total. The number of rotatable bonds is 8. The van der Waals surface area contributed by atoms with Gasteiger partial charge in [-0.1, -0.05) is 26.2 Å². The van der Waals surface area contributed by atoms with Crippen molar-refractivity contribution in [2.24, 2.45) is 5.41 Å². The highest BCUT2D eigenvalue weighted by Gasteiger charge is 2.33. The molecule has 5 heteroatoms. The fourth-order valence-electron chi connectivity index (χ4n) is 3.80. The van der Waals surface area contributed by atoms with Crippen molar-refractivity contribution in [2.75, 3.05) is 33.4 Å². The Hall–Kier alpha value is -0.650. The molecule has 0 bridgehead atoms. The molecular formula is C18H34N2O3. The molecule has 1 heterocycles. The molecule has 1 aliphatic heterocycles. The van der Waals surface area contributed by atoms with Gasteiger partial charge in [0, 0.05) is 19.1 Å². The third-order valence-corrected chi connectivity index (χ3v) is 5.32. The summed E-state index contributed by atoms with van der Waals surface area (Å²) in [6.45, 7) is 5.41. The Bertz CT molecular complexity index is 345. The number of carbonyl (C=O) groups excluding carboxylic acids is 1. The number of carbonyl (C=O) groups is 1. The van der Waals surface area contributed by atoms with Crippen LogP contribution in [0.15, 0.2) is 0 Å². The minimum atomic E-state index is -0.306. The van der Waals surface area contributed by atoms with Gasteiger partial charge >= 0.3 is 0 Å². The summed E-state index contributed by atoms with van der Waals surface area (Å²) in [7, 11) is 1.74.